The highest BCUT2D eigenvalue weighted by Gasteiger charge is 2.20. The lowest BCUT2D eigenvalue weighted by molar-refractivity contribution is 0.434. The Kier molecular flexibility index (Phi) is 7.67. The van der Waals surface area contributed by atoms with Gasteiger partial charge in [-0.1, -0.05) is 35.0 Å². The molecule has 178 valence electrons. The van der Waals surface area contributed by atoms with Gasteiger partial charge in [-0.15, -0.1) is 0 Å². The normalized spacial score (nSPS) is 14.6. The molecule has 1 fully saturated rings. The molecule has 1 aliphatic heterocycles. The maximum absolute atomic E-state index is 10.3. The number of nitrogens with zero attached hydrogens (tertiary/aromatic N) is 5. The number of hydrazone groups is 1. The van der Waals surface area contributed by atoms with E-state index in [1.54, 1.807) is 12.1 Å². The molecule has 8 nitrogen and oxygen atoms in total. The van der Waals surface area contributed by atoms with Gasteiger partial charge in [0.25, 0.3) is 0 Å². The summed E-state index contributed by atoms with van der Waals surface area (Å²) < 4.78 is 1.39. The monoisotopic (exact) mass is 587 g/mol. The van der Waals surface area contributed by atoms with E-state index < -0.39 is 0 Å². The van der Waals surface area contributed by atoms with E-state index in [0.717, 1.165) is 41.7 Å². The number of piperidine rings is 1. The first kappa shape index (κ1) is 24.4. The SMILES string of the molecule is Cc1cccc(Nc2nc(NN=Cc3cc(Br)cc(Br)c3O)nc(N3CCC(C)CC3)n2)c1C. The molecule has 34 heavy (non-hydrogen) atoms. The molecule has 2 heterocycles. The molecule has 4 rings (SSSR count). The molecule has 0 bridgehead atoms. The van der Waals surface area contributed by atoms with Gasteiger partial charge in [0, 0.05) is 28.8 Å². The average molecular weight is 589 g/mol. The zero-order valence-corrected chi connectivity index (χ0v) is 22.5. The minimum absolute atomic E-state index is 0.102. The molecule has 2 aromatic carbocycles. The Morgan fingerprint density at radius 2 is 1.82 bits per heavy atom. The second-order valence-electron chi connectivity index (χ2n) is 8.52. The third-order valence-corrected chi connectivity index (χ3v) is 7.03. The van der Waals surface area contributed by atoms with Crippen LogP contribution in [0, 0.1) is 19.8 Å². The van der Waals surface area contributed by atoms with E-state index in [2.05, 4.69) is 89.4 Å². The van der Waals surface area contributed by atoms with Crippen molar-refractivity contribution in [2.24, 2.45) is 11.0 Å². The number of phenols is 1. The molecule has 0 radical (unpaired) electrons. The van der Waals surface area contributed by atoms with Crippen LogP contribution >= 0.6 is 31.9 Å². The van der Waals surface area contributed by atoms with Crippen LogP contribution in [0.4, 0.5) is 23.5 Å². The number of anilines is 4. The van der Waals surface area contributed by atoms with Crippen LogP contribution in [0.2, 0.25) is 0 Å². The van der Waals surface area contributed by atoms with Crippen molar-refractivity contribution in [3.8, 4) is 5.75 Å². The maximum Gasteiger partial charge on any atom is 0.250 e. The van der Waals surface area contributed by atoms with Crippen LogP contribution < -0.4 is 15.6 Å². The summed E-state index contributed by atoms with van der Waals surface area (Å²) in [6.07, 6.45) is 3.72. The van der Waals surface area contributed by atoms with Gasteiger partial charge >= 0.3 is 0 Å². The molecule has 0 spiro atoms. The van der Waals surface area contributed by atoms with E-state index in [-0.39, 0.29) is 5.75 Å². The lowest BCUT2D eigenvalue weighted by atomic mass is 10.00. The van der Waals surface area contributed by atoms with Crippen molar-refractivity contribution in [3.63, 3.8) is 0 Å². The molecule has 0 atom stereocenters. The molecule has 10 heteroatoms. The van der Waals surface area contributed by atoms with Crippen LogP contribution in [0.25, 0.3) is 0 Å². The molecular weight excluding hydrogens is 562 g/mol. The van der Waals surface area contributed by atoms with Crippen molar-refractivity contribution in [2.45, 2.75) is 33.6 Å². The molecule has 0 saturated carbocycles. The number of hydrogen-bond donors (Lipinski definition) is 3. The highest BCUT2D eigenvalue weighted by atomic mass is 79.9. The summed E-state index contributed by atoms with van der Waals surface area (Å²) in [5.74, 6) is 2.18. The van der Waals surface area contributed by atoms with E-state index in [0.29, 0.717) is 33.8 Å². The van der Waals surface area contributed by atoms with Crippen molar-refractivity contribution in [3.05, 3.63) is 56.0 Å². The number of aromatic nitrogens is 3. The molecule has 1 aromatic heterocycles. The summed E-state index contributed by atoms with van der Waals surface area (Å²) in [5.41, 5.74) is 6.71. The fourth-order valence-electron chi connectivity index (χ4n) is 3.67. The zero-order chi connectivity index (χ0) is 24.2. The Balaban J connectivity index is 1.62. The van der Waals surface area contributed by atoms with Gasteiger partial charge in [0.05, 0.1) is 10.7 Å². The van der Waals surface area contributed by atoms with Gasteiger partial charge in [0.15, 0.2) is 0 Å². The van der Waals surface area contributed by atoms with Gasteiger partial charge in [-0.25, -0.2) is 5.43 Å². The standard InChI is InChI=1S/C24H27Br2N7O/c1-14-7-9-33(10-8-14)24-30-22(28-20-6-4-5-15(2)16(20)3)29-23(31-24)32-27-13-17-11-18(25)12-19(26)21(17)34/h4-6,11-14,34H,7-10H2,1-3H3,(H2,28,29,30,31,32). The van der Waals surface area contributed by atoms with Gasteiger partial charge in [-0.2, -0.15) is 20.1 Å². The number of aromatic hydroxyl groups is 1. The number of nitrogens with one attached hydrogen (secondary N) is 2. The van der Waals surface area contributed by atoms with Crippen LogP contribution in [-0.2, 0) is 0 Å². The zero-order valence-electron chi connectivity index (χ0n) is 19.3. The average Bonchev–Trinajstić information content (AvgIpc) is 2.80. The van der Waals surface area contributed by atoms with E-state index >= 15 is 0 Å². The molecular formula is C24H27Br2N7O. The second-order valence-corrected chi connectivity index (χ2v) is 10.3. The quantitative estimate of drug-likeness (QED) is 0.235. The summed E-state index contributed by atoms with van der Waals surface area (Å²) in [5, 5.41) is 17.9. The van der Waals surface area contributed by atoms with Crippen LogP contribution in [0.5, 0.6) is 5.75 Å². The number of hydrogen-bond acceptors (Lipinski definition) is 8. The van der Waals surface area contributed by atoms with Gasteiger partial charge in [-0.3, -0.25) is 0 Å². The lowest BCUT2D eigenvalue weighted by Gasteiger charge is -2.30. The lowest BCUT2D eigenvalue weighted by Crippen LogP contribution is -2.34. The topological polar surface area (TPSA) is 98.6 Å². The Morgan fingerprint density at radius 1 is 1.09 bits per heavy atom. The number of aryl methyl sites for hydroxylation is 1. The molecule has 1 saturated heterocycles. The molecule has 0 aliphatic carbocycles. The second kappa shape index (κ2) is 10.7. The number of halogens is 2. The number of benzene rings is 2. The van der Waals surface area contributed by atoms with Gasteiger partial charge < -0.3 is 15.3 Å². The Bertz CT molecular complexity index is 1210. The van der Waals surface area contributed by atoms with E-state index in [4.69, 9.17) is 4.98 Å². The molecule has 1 aliphatic rings. The van der Waals surface area contributed by atoms with Gasteiger partial charge in [-0.05, 0) is 77.9 Å². The van der Waals surface area contributed by atoms with Crippen LogP contribution in [0.1, 0.15) is 36.5 Å². The molecule has 0 unspecified atom stereocenters. The summed E-state index contributed by atoms with van der Waals surface area (Å²) in [7, 11) is 0. The number of phenolic OH excluding ortho intramolecular Hbond substituents is 1. The van der Waals surface area contributed by atoms with Crippen molar-refractivity contribution in [2.75, 3.05) is 28.7 Å². The van der Waals surface area contributed by atoms with Crippen molar-refractivity contribution in [1.82, 2.24) is 15.0 Å². The minimum atomic E-state index is 0.102. The molecule has 0 amide bonds. The van der Waals surface area contributed by atoms with Crippen LogP contribution in [-0.4, -0.2) is 39.4 Å². The number of rotatable bonds is 6. The van der Waals surface area contributed by atoms with Crippen molar-refractivity contribution < 1.29 is 5.11 Å². The third kappa shape index (κ3) is 5.85. The summed E-state index contributed by atoms with van der Waals surface area (Å²) in [6.45, 7) is 8.21. The first-order valence-electron chi connectivity index (χ1n) is 11.1. The summed E-state index contributed by atoms with van der Waals surface area (Å²) >= 11 is 6.76. The molecule has 3 aromatic rings. The van der Waals surface area contributed by atoms with E-state index in [1.807, 2.05) is 12.1 Å². The van der Waals surface area contributed by atoms with E-state index in [1.165, 1.54) is 11.8 Å². The Labute approximate surface area is 216 Å². The first-order chi connectivity index (χ1) is 16.3. The smallest absolute Gasteiger partial charge is 0.250 e. The maximum atomic E-state index is 10.3. The van der Waals surface area contributed by atoms with E-state index in [9.17, 15) is 5.11 Å². The fraction of sp³-hybridized carbons (Fsp3) is 0.333. The van der Waals surface area contributed by atoms with Crippen molar-refractivity contribution in [1.29, 1.82) is 0 Å². The largest absolute Gasteiger partial charge is 0.506 e. The van der Waals surface area contributed by atoms with Crippen LogP contribution in [0.3, 0.4) is 0 Å². The highest BCUT2D eigenvalue weighted by molar-refractivity contribution is 9.11. The predicted octanol–water partition coefficient (Wildman–Crippen LogP) is 6.14. The first-order valence-corrected chi connectivity index (χ1v) is 12.7. The summed E-state index contributed by atoms with van der Waals surface area (Å²) in [6, 6.07) is 9.62. The van der Waals surface area contributed by atoms with Gasteiger partial charge in [0.1, 0.15) is 5.75 Å². The van der Waals surface area contributed by atoms with Crippen LogP contribution in [0.15, 0.2) is 44.4 Å². The molecule has 3 N–H and O–H groups in total. The van der Waals surface area contributed by atoms with Crippen molar-refractivity contribution >= 4 is 61.6 Å². The highest BCUT2D eigenvalue weighted by Crippen LogP contribution is 2.31. The Hall–Kier alpha value is -2.72. The minimum Gasteiger partial charge on any atom is -0.506 e. The fourth-order valence-corrected chi connectivity index (χ4v) is 4.93. The summed E-state index contributed by atoms with van der Waals surface area (Å²) in [4.78, 5) is 16.0. The predicted molar refractivity (Wildman–Crippen MR) is 144 cm³/mol. The van der Waals surface area contributed by atoms with Gasteiger partial charge in [0.2, 0.25) is 17.8 Å². The third-order valence-electron chi connectivity index (χ3n) is 5.97. The Morgan fingerprint density at radius 3 is 2.59 bits per heavy atom.